The molecule has 0 aliphatic rings. The largest absolute Gasteiger partial charge is 0.497 e. The highest BCUT2D eigenvalue weighted by Crippen LogP contribution is 2.30. The number of para-hydroxylation sites is 2. The first-order chi connectivity index (χ1) is 17.1. The molecule has 3 heterocycles. The molecule has 0 spiro atoms. The smallest absolute Gasteiger partial charge is 0.265 e. The van der Waals surface area contributed by atoms with Crippen LogP contribution in [0.15, 0.2) is 83.7 Å². The van der Waals surface area contributed by atoms with Gasteiger partial charge in [-0.25, -0.2) is 15.0 Å². The summed E-state index contributed by atoms with van der Waals surface area (Å²) in [5, 5.41) is 0.453. The molecule has 0 radical (unpaired) electrons. The maximum absolute atomic E-state index is 14.1. The molecule has 0 aliphatic heterocycles. The third-order valence-electron chi connectivity index (χ3n) is 6.47. The van der Waals surface area contributed by atoms with Crippen molar-refractivity contribution in [3.63, 3.8) is 0 Å². The van der Waals surface area contributed by atoms with Crippen LogP contribution in [0.1, 0.15) is 24.4 Å². The quantitative estimate of drug-likeness (QED) is 0.360. The minimum atomic E-state index is -0.191. The maximum Gasteiger partial charge on any atom is 0.265 e. The Labute approximate surface area is 201 Å². The number of ether oxygens (including phenoxy) is 1. The molecule has 1 unspecified atom stereocenters. The molecule has 0 fully saturated rings. The van der Waals surface area contributed by atoms with E-state index in [1.165, 1.54) is 0 Å². The van der Waals surface area contributed by atoms with Gasteiger partial charge in [-0.15, -0.1) is 0 Å². The Morgan fingerprint density at radius 2 is 1.54 bits per heavy atom. The number of benzene rings is 3. The second-order valence-electron chi connectivity index (χ2n) is 8.54. The molecule has 3 aromatic heterocycles. The summed E-state index contributed by atoms with van der Waals surface area (Å²) in [5.74, 6) is 1.32. The first-order valence-electron chi connectivity index (χ1n) is 11.5. The van der Waals surface area contributed by atoms with E-state index >= 15 is 0 Å². The van der Waals surface area contributed by atoms with E-state index in [0.29, 0.717) is 33.8 Å². The Morgan fingerprint density at radius 3 is 2.29 bits per heavy atom. The Hall–Kier alpha value is -4.52. The lowest BCUT2D eigenvalue weighted by atomic mass is 10.1. The second-order valence-corrected chi connectivity index (χ2v) is 8.54. The van der Waals surface area contributed by atoms with Crippen molar-refractivity contribution in [3.05, 3.63) is 101 Å². The van der Waals surface area contributed by atoms with Crippen molar-refractivity contribution >= 4 is 33.2 Å². The zero-order chi connectivity index (χ0) is 24.1. The van der Waals surface area contributed by atoms with Crippen LogP contribution < -0.4 is 10.3 Å². The molecular formula is C28H23N5O2. The zero-order valence-electron chi connectivity index (χ0n) is 19.6. The van der Waals surface area contributed by atoms with Gasteiger partial charge in [0.25, 0.3) is 5.56 Å². The van der Waals surface area contributed by atoms with E-state index in [2.05, 4.69) is 0 Å². The lowest BCUT2D eigenvalue weighted by molar-refractivity contribution is 0.414. The maximum atomic E-state index is 14.1. The summed E-state index contributed by atoms with van der Waals surface area (Å²) in [6, 6.07) is 25.1. The van der Waals surface area contributed by atoms with Gasteiger partial charge in [0.05, 0.1) is 29.9 Å². The number of fused-ring (bicyclic) bond motifs is 4. The van der Waals surface area contributed by atoms with E-state index in [-0.39, 0.29) is 11.6 Å². The molecule has 3 aromatic carbocycles. The second kappa shape index (κ2) is 8.06. The Balaban J connectivity index is 1.75. The van der Waals surface area contributed by atoms with Crippen molar-refractivity contribution in [1.82, 2.24) is 24.1 Å². The van der Waals surface area contributed by atoms with Crippen LogP contribution >= 0.6 is 0 Å². The molecule has 0 N–H and O–H groups in total. The van der Waals surface area contributed by atoms with Gasteiger partial charge >= 0.3 is 0 Å². The average Bonchev–Trinajstić information content (AvgIpc) is 3.20. The monoisotopic (exact) mass is 461 g/mol. The number of aryl methyl sites for hydroxylation is 1. The zero-order valence-corrected chi connectivity index (χ0v) is 19.6. The van der Waals surface area contributed by atoms with Gasteiger partial charge in [0, 0.05) is 6.07 Å². The van der Waals surface area contributed by atoms with Crippen molar-refractivity contribution in [2.45, 2.75) is 19.9 Å². The van der Waals surface area contributed by atoms with Crippen molar-refractivity contribution in [2.75, 3.05) is 7.11 Å². The fraction of sp³-hybridized carbons (Fsp3) is 0.143. The number of methoxy groups -OCH3 is 1. The van der Waals surface area contributed by atoms with Gasteiger partial charge in [-0.2, -0.15) is 0 Å². The Bertz CT molecular complexity index is 1790. The van der Waals surface area contributed by atoms with E-state index in [1.807, 2.05) is 97.3 Å². The normalized spacial score (nSPS) is 12.4. The SMILES string of the molecule is COc1cccc(-n2c3nc4ccccc4nc3c3c(=O)n(C(C)c4ccccc4)c(C)nc32)c1. The summed E-state index contributed by atoms with van der Waals surface area (Å²) in [5.41, 5.74) is 4.83. The van der Waals surface area contributed by atoms with Crippen LogP contribution in [0, 0.1) is 6.92 Å². The molecule has 7 heteroatoms. The number of hydrogen-bond donors (Lipinski definition) is 0. The molecule has 7 nitrogen and oxygen atoms in total. The van der Waals surface area contributed by atoms with Crippen molar-refractivity contribution < 1.29 is 4.74 Å². The molecular weight excluding hydrogens is 438 g/mol. The number of rotatable bonds is 4. The molecule has 0 aliphatic carbocycles. The molecule has 6 rings (SSSR count). The summed E-state index contributed by atoms with van der Waals surface area (Å²) in [6.07, 6.45) is 0. The predicted molar refractivity (Wildman–Crippen MR) is 137 cm³/mol. The minimum Gasteiger partial charge on any atom is -0.497 e. The molecule has 0 saturated carbocycles. The van der Waals surface area contributed by atoms with Gasteiger partial charge in [0.2, 0.25) is 0 Å². The topological polar surface area (TPSA) is 74.8 Å². The predicted octanol–water partition coefficient (Wildman–Crippen LogP) is 5.21. The van der Waals surface area contributed by atoms with Crippen molar-refractivity contribution in [2.24, 2.45) is 0 Å². The minimum absolute atomic E-state index is 0.139. The van der Waals surface area contributed by atoms with Crippen molar-refractivity contribution in [3.8, 4) is 11.4 Å². The molecule has 0 saturated heterocycles. The van der Waals surface area contributed by atoms with Crippen LogP contribution in [-0.2, 0) is 0 Å². The molecule has 1 atom stereocenters. The summed E-state index contributed by atoms with van der Waals surface area (Å²) in [6.45, 7) is 3.88. The fourth-order valence-corrected chi connectivity index (χ4v) is 4.74. The van der Waals surface area contributed by atoms with Gasteiger partial charge < -0.3 is 4.74 Å². The van der Waals surface area contributed by atoms with Crippen LogP contribution in [0.4, 0.5) is 0 Å². The van der Waals surface area contributed by atoms with Crippen LogP contribution in [0.2, 0.25) is 0 Å². The highest BCUT2D eigenvalue weighted by molar-refractivity contribution is 6.05. The lowest BCUT2D eigenvalue weighted by Gasteiger charge is -2.18. The number of aromatic nitrogens is 5. The number of nitrogens with zero attached hydrogens (tertiary/aromatic N) is 5. The Kier molecular flexibility index (Phi) is 4.84. The van der Waals surface area contributed by atoms with Gasteiger partial charge in [-0.1, -0.05) is 48.5 Å². The highest BCUT2D eigenvalue weighted by atomic mass is 16.5. The van der Waals surface area contributed by atoms with E-state index < -0.39 is 0 Å². The van der Waals surface area contributed by atoms with Crippen LogP contribution in [0.25, 0.3) is 38.9 Å². The van der Waals surface area contributed by atoms with E-state index in [4.69, 9.17) is 19.7 Å². The standard InChI is InChI=1S/C28H23N5O2/c1-17(19-10-5-4-6-11-19)32-18(2)29-26-24(28(32)34)25-27(31-23-15-8-7-14-22(23)30-25)33(26)20-12-9-13-21(16-20)35-3/h4-17H,1-3H3. The average molecular weight is 462 g/mol. The third kappa shape index (κ3) is 3.27. The molecule has 35 heavy (non-hydrogen) atoms. The van der Waals surface area contributed by atoms with E-state index in [1.54, 1.807) is 11.7 Å². The molecule has 0 amide bonds. The van der Waals surface area contributed by atoms with E-state index in [9.17, 15) is 4.79 Å². The molecule has 172 valence electrons. The van der Waals surface area contributed by atoms with Crippen LogP contribution in [0.3, 0.4) is 0 Å². The van der Waals surface area contributed by atoms with Gasteiger partial charge in [-0.05, 0) is 43.7 Å². The molecule has 6 aromatic rings. The van der Waals surface area contributed by atoms with Crippen LogP contribution in [0.5, 0.6) is 5.75 Å². The summed E-state index contributed by atoms with van der Waals surface area (Å²) < 4.78 is 9.10. The molecule has 0 bridgehead atoms. The summed E-state index contributed by atoms with van der Waals surface area (Å²) in [7, 11) is 1.63. The third-order valence-corrected chi connectivity index (χ3v) is 6.47. The highest BCUT2D eigenvalue weighted by Gasteiger charge is 2.24. The number of hydrogen-bond acceptors (Lipinski definition) is 5. The van der Waals surface area contributed by atoms with Gasteiger partial charge in [0.15, 0.2) is 11.3 Å². The summed E-state index contributed by atoms with van der Waals surface area (Å²) in [4.78, 5) is 28.9. The first kappa shape index (κ1) is 21.0. The van der Waals surface area contributed by atoms with Gasteiger partial charge in [-0.3, -0.25) is 13.9 Å². The Morgan fingerprint density at radius 1 is 0.829 bits per heavy atom. The van der Waals surface area contributed by atoms with Crippen molar-refractivity contribution in [1.29, 1.82) is 0 Å². The van der Waals surface area contributed by atoms with E-state index in [0.717, 1.165) is 22.3 Å². The lowest BCUT2D eigenvalue weighted by Crippen LogP contribution is -2.27. The van der Waals surface area contributed by atoms with Crippen LogP contribution in [-0.4, -0.2) is 31.2 Å². The van der Waals surface area contributed by atoms with Gasteiger partial charge in [0.1, 0.15) is 22.5 Å². The summed E-state index contributed by atoms with van der Waals surface area (Å²) >= 11 is 0. The fourth-order valence-electron chi connectivity index (χ4n) is 4.74. The first-order valence-corrected chi connectivity index (χ1v) is 11.5.